The Labute approximate surface area is 169 Å². The number of aliphatic hydroxyl groups excluding tert-OH is 1. The molecule has 8 heteroatoms. The van der Waals surface area contributed by atoms with Gasteiger partial charge in [-0.25, -0.2) is 0 Å². The van der Waals surface area contributed by atoms with E-state index in [2.05, 4.69) is 10.2 Å². The number of amides is 1. The standard InChI is InChI=1S/C20H14ClN3O3S/c1-11-5-7-12(8-6-11)17(25)15-16(13-3-2-4-14(21)9-13)24(19(27)18(15)26)20-23-22-10-28-20/h2-10,16,25H,1H3/t16-/m0/s1. The highest BCUT2D eigenvalue weighted by Crippen LogP contribution is 2.42. The van der Waals surface area contributed by atoms with Crippen LogP contribution in [0, 0.1) is 6.92 Å². The van der Waals surface area contributed by atoms with Gasteiger partial charge in [-0.1, -0.05) is 64.9 Å². The molecule has 1 fully saturated rings. The summed E-state index contributed by atoms with van der Waals surface area (Å²) in [6, 6.07) is 13.0. The molecule has 1 aliphatic heterocycles. The second kappa shape index (κ2) is 7.18. The lowest BCUT2D eigenvalue weighted by Crippen LogP contribution is -2.29. The highest BCUT2D eigenvalue weighted by atomic mass is 35.5. The van der Waals surface area contributed by atoms with Gasteiger partial charge < -0.3 is 5.11 Å². The Morgan fingerprint density at radius 1 is 1.18 bits per heavy atom. The Balaban J connectivity index is 1.95. The molecule has 2 heterocycles. The molecule has 0 spiro atoms. The van der Waals surface area contributed by atoms with Crippen LogP contribution in [0.1, 0.15) is 22.7 Å². The van der Waals surface area contributed by atoms with Crippen molar-refractivity contribution in [1.29, 1.82) is 0 Å². The number of Topliss-reactive ketones (excluding diaryl/α,β-unsaturated/α-hetero) is 1. The van der Waals surface area contributed by atoms with Gasteiger partial charge in [-0.05, 0) is 24.6 Å². The Hall–Kier alpha value is -3.03. The first kappa shape index (κ1) is 18.3. The maximum Gasteiger partial charge on any atom is 0.301 e. The molecule has 0 bridgehead atoms. The SMILES string of the molecule is Cc1ccc(C(O)=C2C(=O)C(=O)N(c3nncs3)[C@H]2c2cccc(Cl)c2)cc1. The summed E-state index contributed by atoms with van der Waals surface area (Å²) >= 11 is 7.27. The van der Waals surface area contributed by atoms with Crippen LogP contribution in [0.5, 0.6) is 0 Å². The maximum atomic E-state index is 12.9. The topological polar surface area (TPSA) is 83.4 Å². The third-order valence-electron chi connectivity index (χ3n) is 4.49. The zero-order chi connectivity index (χ0) is 19.8. The molecule has 1 aromatic heterocycles. The molecule has 1 amide bonds. The number of carbonyl (C=O) groups excluding carboxylic acids is 2. The summed E-state index contributed by atoms with van der Waals surface area (Å²) in [4.78, 5) is 26.9. The second-order valence-corrected chi connectivity index (χ2v) is 7.56. The quantitative estimate of drug-likeness (QED) is 0.398. The van der Waals surface area contributed by atoms with Gasteiger partial charge in [-0.2, -0.15) is 0 Å². The van der Waals surface area contributed by atoms with Crippen molar-refractivity contribution in [2.24, 2.45) is 0 Å². The summed E-state index contributed by atoms with van der Waals surface area (Å²) in [6.07, 6.45) is 0. The van der Waals surface area contributed by atoms with Gasteiger partial charge in [0.1, 0.15) is 11.3 Å². The Bertz CT molecular complexity index is 1090. The summed E-state index contributed by atoms with van der Waals surface area (Å²) in [5.74, 6) is -1.79. The number of ketones is 1. The van der Waals surface area contributed by atoms with E-state index >= 15 is 0 Å². The third-order valence-corrected chi connectivity index (χ3v) is 5.41. The number of aromatic nitrogens is 2. The fraction of sp³-hybridized carbons (Fsp3) is 0.100. The molecule has 1 atom stereocenters. The first-order chi connectivity index (χ1) is 13.5. The van der Waals surface area contributed by atoms with E-state index < -0.39 is 17.7 Å². The van der Waals surface area contributed by atoms with Gasteiger partial charge >= 0.3 is 5.91 Å². The van der Waals surface area contributed by atoms with Crippen molar-refractivity contribution in [3.8, 4) is 0 Å². The Morgan fingerprint density at radius 3 is 2.57 bits per heavy atom. The van der Waals surface area contributed by atoms with E-state index in [1.165, 1.54) is 10.4 Å². The van der Waals surface area contributed by atoms with Crippen LogP contribution in [0.4, 0.5) is 5.13 Å². The van der Waals surface area contributed by atoms with Crippen molar-refractivity contribution >= 4 is 45.5 Å². The fourth-order valence-electron chi connectivity index (χ4n) is 3.16. The number of hydrogen-bond acceptors (Lipinski definition) is 6. The zero-order valence-electron chi connectivity index (χ0n) is 14.7. The smallest absolute Gasteiger partial charge is 0.301 e. The number of nitrogens with zero attached hydrogens (tertiary/aromatic N) is 3. The third kappa shape index (κ3) is 3.08. The van der Waals surface area contributed by atoms with Crippen LogP contribution in [0.3, 0.4) is 0 Å². The number of halogens is 1. The molecule has 0 radical (unpaired) electrons. The minimum Gasteiger partial charge on any atom is -0.507 e. The second-order valence-electron chi connectivity index (χ2n) is 6.31. The van der Waals surface area contributed by atoms with Crippen molar-refractivity contribution in [3.05, 3.63) is 81.3 Å². The van der Waals surface area contributed by atoms with Gasteiger partial charge in [0, 0.05) is 10.6 Å². The van der Waals surface area contributed by atoms with Gasteiger partial charge in [0.2, 0.25) is 5.13 Å². The molecule has 0 aliphatic carbocycles. The molecule has 0 saturated carbocycles. The lowest BCUT2D eigenvalue weighted by molar-refractivity contribution is -0.132. The molecule has 3 aromatic rings. The van der Waals surface area contributed by atoms with E-state index in [0.717, 1.165) is 16.9 Å². The highest BCUT2D eigenvalue weighted by Gasteiger charge is 2.48. The molecule has 6 nitrogen and oxygen atoms in total. The van der Waals surface area contributed by atoms with E-state index in [1.807, 2.05) is 19.1 Å². The molecular formula is C20H14ClN3O3S. The highest BCUT2D eigenvalue weighted by molar-refractivity contribution is 7.13. The molecule has 4 rings (SSSR count). The lowest BCUT2D eigenvalue weighted by atomic mass is 9.95. The molecular weight excluding hydrogens is 398 g/mol. The van der Waals surface area contributed by atoms with Crippen molar-refractivity contribution < 1.29 is 14.7 Å². The van der Waals surface area contributed by atoms with Crippen LogP contribution in [-0.2, 0) is 9.59 Å². The zero-order valence-corrected chi connectivity index (χ0v) is 16.2. The van der Waals surface area contributed by atoms with Crippen LogP contribution in [0.25, 0.3) is 5.76 Å². The number of hydrogen-bond donors (Lipinski definition) is 1. The van der Waals surface area contributed by atoms with Crippen molar-refractivity contribution in [2.75, 3.05) is 4.90 Å². The molecule has 28 heavy (non-hydrogen) atoms. The molecule has 1 N–H and O–H groups in total. The number of aryl methyl sites for hydroxylation is 1. The average molecular weight is 412 g/mol. The number of rotatable bonds is 3. The van der Waals surface area contributed by atoms with Gasteiger partial charge in [-0.3, -0.25) is 14.5 Å². The van der Waals surface area contributed by atoms with E-state index in [-0.39, 0.29) is 16.5 Å². The minimum atomic E-state index is -0.854. The van der Waals surface area contributed by atoms with Crippen LogP contribution in [0.15, 0.2) is 59.6 Å². The Kier molecular flexibility index (Phi) is 4.70. The van der Waals surface area contributed by atoms with E-state index in [9.17, 15) is 14.7 Å². The van der Waals surface area contributed by atoms with E-state index in [4.69, 9.17) is 11.6 Å². The predicted molar refractivity (Wildman–Crippen MR) is 107 cm³/mol. The lowest BCUT2D eigenvalue weighted by Gasteiger charge is -2.22. The van der Waals surface area contributed by atoms with Gasteiger partial charge in [-0.15, -0.1) is 10.2 Å². The normalized spacial score (nSPS) is 18.6. The minimum absolute atomic E-state index is 0.00804. The average Bonchev–Trinajstić information content (AvgIpc) is 3.29. The Morgan fingerprint density at radius 2 is 1.93 bits per heavy atom. The van der Waals surface area contributed by atoms with Crippen LogP contribution in [-0.4, -0.2) is 27.0 Å². The molecule has 1 aliphatic rings. The first-order valence-corrected chi connectivity index (χ1v) is 9.63. The van der Waals surface area contributed by atoms with Crippen LogP contribution < -0.4 is 4.90 Å². The van der Waals surface area contributed by atoms with Crippen molar-refractivity contribution in [3.63, 3.8) is 0 Å². The molecule has 1 saturated heterocycles. The first-order valence-electron chi connectivity index (χ1n) is 8.37. The van der Waals surface area contributed by atoms with Crippen molar-refractivity contribution in [1.82, 2.24) is 10.2 Å². The predicted octanol–water partition coefficient (Wildman–Crippen LogP) is 4.13. The fourth-order valence-corrected chi connectivity index (χ4v) is 3.94. The van der Waals surface area contributed by atoms with Crippen LogP contribution >= 0.6 is 22.9 Å². The van der Waals surface area contributed by atoms with Gasteiger partial charge in [0.15, 0.2) is 0 Å². The van der Waals surface area contributed by atoms with E-state index in [1.54, 1.807) is 36.4 Å². The van der Waals surface area contributed by atoms with Gasteiger partial charge in [0.25, 0.3) is 5.78 Å². The summed E-state index contributed by atoms with van der Waals surface area (Å²) in [5, 5.41) is 19.4. The van der Waals surface area contributed by atoms with E-state index in [0.29, 0.717) is 16.1 Å². The number of aliphatic hydroxyl groups is 1. The number of benzene rings is 2. The summed E-state index contributed by atoms with van der Waals surface area (Å²) < 4.78 is 0. The van der Waals surface area contributed by atoms with Crippen LogP contribution in [0.2, 0.25) is 5.02 Å². The summed E-state index contributed by atoms with van der Waals surface area (Å²) in [7, 11) is 0. The summed E-state index contributed by atoms with van der Waals surface area (Å²) in [5.41, 5.74) is 3.52. The maximum absolute atomic E-state index is 12.9. The number of anilines is 1. The molecule has 0 unspecified atom stereocenters. The van der Waals surface area contributed by atoms with Crippen molar-refractivity contribution in [2.45, 2.75) is 13.0 Å². The monoisotopic (exact) mass is 411 g/mol. The number of carbonyl (C=O) groups is 2. The molecule has 140 valence electrons. The summed E-state index contributed by atoms with van der Waals surface area (Å²) in [6.45, 7) is 1.92. The van der Waals surface area contributed by atoms with Gasteiger partial charge in [0.05, 0.1) is 11.6 Å². The molecule has 2 aromatic carbocycles. The largest absolute Gasteiger partial charge is 0.507 e.